The topological polar surface area (TPSA) is 72.2 Å². The Kier molecular flexibility index (Phi) is 4.85. The standard InChI is InChI=1S/C14H15FN2O3S/c1-9-7-13(17-20-9)16-14(18)10(2)21(19)8-11-5-3-4-6-12(11)15/h3-7,10H,8H2,1-2H3,(H,16,17,18)/t10-,21-/m1/s1. The van der Waals surface area contributed by atoms with Gasteiger partial charge in [0.2, 0.25) is 5.91 Å². The van der Waals surface area contributed by atoms with Crippen LogP contribution < -0.4 is 5.32 Å². The molecule has 1 aromatic carbocycles. The number of nitrogens with one attached hydrogen (secondary N) is 1. The third-order valence-electron chi connectivity index (χ3n) is 2.90. The molecule has 0 unspecified atom stereocenters. The fourth-order valence-electron chi connectivity index (χ4n) is 1.67. The van der Waals surface area contributed by atoms with E-state index in [9.17, 15) is 13.4 Å². The number of hydrogen-bond acceptors (Lipinski definition) is 4. The Balaban J connectivity index is 1.98. The molecule has 1 heterocycles. The number of rotatable bonds is 5. The lowest BCUT2D eigenvalue weighted by Gasteiger charge is -2.11. The Morgan fingerprint density at radius 3 is 2.81 bits per heavy atom. The molecule has 1 aromatic heterocycles. The maximum atomic E-state index is 13.5. The SMILES string of the molecule is Cc1cc(NC(=O)[C@@H](C)[S@](=O)Cc2ccccc2F)no1. The zero-order valence-corrected chi connectivity index (χ0v) is 12.4. The Morgan fingerprint density at radius 2 is 2.19 bits per heavy atom. The van der Waals surface area contributed by atoms with Gasteiger partial charge in [-0.15, -0.1) is 0 Å². The molecule has 0 saturated heterocycles. The van der Waals surface area contributed by atoms with Gasteiger partial charge in [0.05, 0.1) is 5.75 Å². The first-order chi connectivity index (χ1) is 9.97. The molecular formula is C14H15FN2O3S. The summed E-state index contributed by atoms with van der Waals surface area (Å²) in [6, 6.07) is 7.64. The van der Waals surface area contributed by atoms with Crippen LogP contribution in [0.25, 0.3) is 0 Å². The van der Waals surface area contributed by atoms with Gasteiger partial charge in [-0.05, 0) is 19.9 Å². The van der Waals surface area contributed by atoms with Gasteiger partial charge in [-0.3, -0.25) is 9.00 Å². The zero-order valence-electron chi connectivity index (χ0n) is 11.6. The van der Waals surface area contributed by atoms with Crippen molar-refractivity contribution in [2.75, 3.05) is 5.32 Å². The summed E-state index contributed by atoms with van der Waals surface area (Å²) in [4.78, 5) is 12.0. The molecule has 7 heteroatoms. The van der Waals surface area contributed by atoms with Gasteiger partial charge < -0.3 is 9.84 Å². The summed E-state index contributed by atoms with van der Waals surface area (Å²) in [5.41, 5.74) is 0.327. The van der Waals surface area contributed by atoms with E-state index in [1.807, 2.05) is 0 Å². The first-order valence-corrected chi connectivity index (χ1v) is 7.70. The molecule has 0 fully saturated rings. The number of hydrogen-bond donors (Lipinski definition) is 1. The van der Waals surface area contributed by atoms with Crippen molar-refractivity contribution in [1.82, 2.24) is 5.16 Å². The van der Waals surface area contributed by atoms with E-state index in [0.29, 0.717) is 11.3 Å². The highest BCUT2D eigenvalue weighted by molar-refractivity contribution is 7.85. The number of aryl methyl sites for hydroxylation is 1. The van der Waals surface area contributed by atoms with Gasteiger partial charge in [0, 0.05) is 22.4 Å². The second-order valence-corrected chi connectivity index (χ2v) is 6.33. The van der Waals surface area contributed by atoms with E-state index in [1.54, 1.807) is 31.2 Å². The van der Waals surface area contributed by atoms with Crippen LogP contribution in [0.4, 0.5) is 10.2 Å². The monoisotopic (exact) mass is 310 g/mol. The maximum Gasteiger partial charge on any atom is 0.241 e. The largest absolute Gasteiger partial charge is 0.360 e. The summed E-state index contributed by atoms with van der Waals surface area (Å²) in [6.07, 6.45) is 0. The molecule has 0 aliphatic carbocycles. The van der Waals surface area contributed by atoms with Crippen LogP contribution in [0.5, 0.6) is 0 Å². The molecule has 5 nitrogen and oxygen atoms in total. The van der Waals surface area contributed by atoms with Crippen molar-refractivity contribution in [3.63, 3.8) is 0 Å². The molecule has 21 heavy (non-hydrogen) atoms. The van der Waals surface area contributed by atoms with Crippen molar-refractivity contribution < 1.29 is 17.9 Å². The van der Waals surface area contributed by atoms with Gasteiger partial charge in [0.15, 0.2) is 5.82 Å². The summed E-state index contributed by atoms with van der Waals surface area (Å²) < 4.78 is 30.5. The molecular weight excluding hydrogens is 295 g/mol. The summed E-state index contributed by atoms with van der Waals surface area (Å²) in [5.74, 6) is -0.0553. The minimum absolute atomic E-state index is 0.0148. The van der Waals surface area contributed by atoms with Gasteiger partial charge >= 0.3 is 0 Å². The van der Waals surface area contributed by atoms with Crippen LogP contribution in [0.2, 0.25) is 0 Å². The average molecular weight is 310 g/mol. The Hall–Kier alpha value is -2.02. The predicted octanol–water partition coefficient (Wildman–Crippen LogP) is 2.40. The Labute approximate surface area is 124 Å². The molecule has 1 amide bonds. The Bertz CT molecular complexity index is 672. The smallest absolute Gasteiger partial charge is 0.241 e. The summed E-state index contributed by atoms with van der Waals surface area (Å²) in [5, 5.41) is 5.35. The van der Waals surface area contributed by atoms with Crippen molar-refractivity contribution in [1.29, 1.82) is 0 Å². The highest BCUT2D eigenvalue weighted by Crippen LogP contribution is 2.13. The number of anilines is 1. The number of amides is 1. The van der Waals surface area contributed by atoms with Crippen LogP contribution in [0, 0.1) is 12.7 Å². The molecule has 2 aromatic rings. The normalized spacial score (nSPS) is 13.7. The highest BCUT2D eigenvalue weighted by Gasteiger charge is 2.22. The van der Waals surface area contributed by atoms with E-state index >= 15 is 0 Å². The van der Waals surface area contributed by atoms with Gasteiger partial charge in [-0.25, -0.2) is 4.39 Å². The van der Waals surface area contributed by atoms with Crippen LogP contribution >= 0.6 is 0 Å². The van der Waals surface area contributed by atoms with Gasteiger partial charge in [-0.1, -0.05) is 23.4 Å². The Morgan fingerprint density at radius 1 is 1.48 bits per heavy atom. The molecule has 0 bridgehead atoms. The number of halogens is 1. The maximum absolute atomic E-state index is 13.5. The fourth-order valence-corrected chi connectivity index (χ4v) is 2.75. The molecule has 2 rings (SSSR count). The summed E-state index contributed by atoms with van der Waals surface area (Å²) in [7, 11) is -1.53. The van der Waals surface area contributed by atoms with Crippen LogP contribution in [0.3, 0.4) is 0 Å². The number of nitrogens with zero attached hydrogens (tertiary/aromatic N) is 1. The number of carbonyl (C=O) groups excluding carboxylic acids is 1. The fraction of sp³-hybridized carbons (Fsp3) is 0.286. The first-order valence-electron chi connectivity index (χ1n) is 6.32. The van der Waals surface area contributed by atoms with Crippen molar-refractivity contribution in [3.05, 3.63) is 47.5 Å². The van der Waals surface area contributed by atoms with Gasteiger partial charge in [0.25, 0.3) is 0 Å². The van der Waals surface area contributed by atoms with E-state index in [4.69, 9.17) is 4.52 Å². The molecule has 0 aliphatic rings. The van der Waals surface area contributed by atoms with Crippen molar-refractivity contribution in [3.8, 4) is 0 Å². The second-order valence-electron chi connectivity index (χ2n) is 4.57. The van der Waals surface area contributed by atoms with Crippen molar-refractivity contribution in [2.45, 2.75) is 24.9 Å². The summed E-state index contributed by atoms with van der Waals surface area (Å²) in [6.45, 7) is 3.22. The third-order valence-corrected chi connectivity index (χ3v) is 4.50. The minimum atomic E-state index is -1.53. The molecule has 0 saturated carbocycles. The number of carbonyl (C=O) groups is 1. The number of aromatic nitrogens is 1. The van der Waals surface area contributed by atoms with E-state index in [2.05, 4.69) is 10.5 Å². The van der Waals surface area contributed by atoms with Crippen LogP contribution in [-0.4, -0.2) is 20.5 Å². The second kappa shape index (κ2) is 6.62. The van der Waals surface area contributed by atoms with E-state index in [0.717, 1.165) is 0 Å². The average Bonchev–Trinajstić information content (AvgIpc) is 2.85. The van der Waals surface area contributed by atoms with Crippen LogP contribution in [-0.2, 0) is 21.3 Å². The number of benzene rings is 1. The lowest BCUT2D eigenvalue weighted by atomic mass is 10.2. The van der Waals surface area contributed by atoms with Crippen LogP contribution in [0.1, 0.15) is 18.2 Å². The predicted molar refractivity (Wildman–Crippen MR) is 77.6 cm³/mol. The van der Waals surface area contributed by atoms with Crippen LogP contribution in [0.15, 0.2) is 34.9 Å². The quantitative estimate of drug-likeness (QED) is 0.920. The third kappa shape index (κ3) is 3.98. The minimum Gasteiger partial charge on any atom is -0.360 e. The molecule has 0 spiro atoms. The van der Waals surface area contributed by atoms with Crippen molar-refractivity contribution in [2.24, 2.45) is 0 Å². The molecule has 0 radical (unpaired) electrons. The van der Waals surface area contributed by atoms with E-state index < -0.39 is 27.8 Å². The van der Waals surface area contributed by atoms with E-state index in [-0.39, 0.29) is 11.6 Å². The summed E-state index contributed by atoms with van der Waals surface area (Å²) >= 11 is 0. The zero-order chi connectivity index (χ0) is 15.4. The van der Waals surface area contributed by atoms with Gasteiger partial charge in [0.1, 0.15) is 16.8 Å². The first kappa shape index (κ1) is 15.4. The van der Waals surface area contributed by atoms with E-state index in [1.165, 1.54) is 13.0 Å². The lowest BCUT2D eigenvalue weighted by molar-refractivity contribution is -0.115. The molecule has 0 aliphatic heterocycles. The van der Waals surface area contributed by atoms with Crippen molar-refractivity contribution >= 4 is 22.5 Å². The molecule has 112 valence electrons. The molecule has 1 N–H and O–H groups in total. The van der Waals surface area contributed by atoms with Gasteiger partial charge in [-0.2, -0.15) is 0 Å². The molecule has 2 atom stereocenters. The lowest BCUT2D eigenvalue weighted by Crippen LogP contribution is -2.30. The highest BCUT2D eigenvalue weighted by atomic mass is 32.2.